The highest BCUT2D eigenvalue weighted by atomic mass is 16.4. The number of amides is 2. The largest absolute Gasteiger partial charge is 0.481 e. The van der Waals surface area contributed by atoms with Gasteiger partial charge in [0.15, 0.2) is 5.76 Å². The molecule has 2 aromatic carbocycles. The summed E-state index contributed by atoms with van der Waals surface area (Å²) in [5.41, 5.74) is 4.27. The van der Waals surface area contributed by atoms with Crippen molar-refractivity contribution in [2.45, 2.75) is 90.5 Å². The van der Waals surface area contributed by atoms with Crippen molar-refractivity contribution in [1.29, 1.82) is 0 Å². The molecular weight excluding hydrogens is 566 g/mol. The molecule has 0 spiro atoms. The zero-order chi connectivity index (χ0) is 32.0. The molecule has 1 aliphatic heterocycles. The number of hydrogen-bond acceptors (Lipinski definition) is 5. The van der Waals surface area contributed by atoms with Gasteiger partial charge in [0.2, 0.25) is 5.91 Å². The molecule has 2 N–H and O–H groups in total. The van der Waals surface area contributed by atoms with E-state index in [1.165, 1.54) is 43.2 Å². The van der Waals surface area contributed by atoms with Crippen LogP contribution in [0.1, 0.15) is 92.8 Å². The van der Waals surface area contributed by atoms with E-state index in [1.54, 1.807) is 18.4 Å². The number of piperidine rings is 1. The van der Waals surface area contributed by atoms with Crippen molar-refractivity contribution >= 4 is 29.2 Å². The van der Waals surface area contributed by atoms with E-state index in [4.69, 9.17) is 14.3 Å². The second kappa shape index (κ2) is 17.5. The lowest BCUT2D eigenvalue weighted by atomic mass is 9.86. The maximum absolute atomic E-state index is 13.4. The first-order chi connectivity index (χ1) is 21.8. The first-order valence-electron chi connectivity index (χ1n) is 16.5. The Bertz CT molecular complexity index is 1340. The molecule has 3 aromatic rings. The molecule has 0 unspecified atom stereocenters. The topological polar surface area (TPSA) is 103 Å². The number of rotatable bonds is 11. The molecule has 1 saturated heterocycles. The Hall–Kier alpha value is -3.91. The summed E-state index contributed by atoms with van der Waals surface area (Å²) in [4.78, 5) is 39.6. The van der Waals surface area contributed by atoms with Crippen LogP contribution in [0.5, 0.6) is 0 Å². The van der Waals surface area contributed by atoms with E-state index in [0.29, 0.717) is 12.2 Å². The molecule has 2 fully saturated rings. The number of aliphatic carboxylic acids is 1. The van der Waals surface area contributed by atoms with Gasteiger partial charge < -0.3 is 24.6 Å². The number of carbonyl (C=O) groups excluding carboxylic acids is 2. The van der Waals surface area contributed by atoms with Gasteiger partial charge in [-0.25, -0.2) is 0 Å². The van der Waals surface area contributed by atoms with Gasteiger partial charge in [-0.1, -0.05) is 68.0 Å². The normalized spacial score (nSPS) is 16.0. The van der Waals surface area contributed by atoms with Crippen LogP contribution in [-0.4, -0.2) is 53.5 Å². The molecule has 2 amide bonds. The molecule has 1 saturated carbocycles. The number of nitrogens with one attached hydrogen (secondary N) is 1. The molecule has 5 rings (SSSR count). The number of likely N-dealkylation sites (tertiary alicyclic amines) is 1. The smallest absolute Gasteiger partial charge is 0.300 e. The number of benzene rings is 2. The number of aryl methyl sites for hydroxylation is 2. The summed E-state index contributed by atoms with van der Waals surface area (Å²) in [7, 11) is 0. The maximum Gasteiger partial charge on any atom is 0.300 e. The summed E-state index contributed by atoms with van der Waals surface area (Å²) in [5, 5.41) is 10.6. The van der Waals surface area contributed by atoms with E-state index in [0.717, 1.165) is 76.0 Å². The van der Waals surface area contributed by atoms with Gasteiger partial charge in [-0.2, -0.15) is 0 Å². The Morgan fingerprint density at radius 3 is 2.29 bits per heavy atom. The monoisotopic (exact) mass is 615 g/mol. The van der Waals surface area contributed by atoms with E-state index in [9.17, 15) is 9.59 Å². The summed E-state index contributed by atoms with van der Waals surface area (Å²) in [5.74, 6) is 0.343. The Kier molecular flexibility index (Phi) is 13.2. The van der Waals surface area contributed by atoms with Crippen LogP contribution in [0.2, 0.25) is 0 Å². The van der Waals surface area contributed by atoms with Crippen LogP contribution < -0.4 is 10.2 Å². The third-order valence-corrected chi connectivity index (χ3v) is 8.90. The van der Waals surface area contributed by atoms with Crippen molar-refractivity contribution < 1.29 is 23.9 Å². The van der Waals surface area contributed by atoms with Crippen molar-refractivity contribution in [3.05, 3.63) is 83.8 Å². The molecule has 0 bridgehead atoms. The van der Waals surface area contributed by atoms with Crippen molar-refractivity contribution in [1.82, 2.24) is 4.90 Å². The van der Waals surface area contributed by atoms with Crippen molar-refractivity contribution in [3.8, 4) is 0 Å². The van der Waals surface area contributed by atoms with E-state index in [1.807, 2.05) is 29.2 Å². The van der Waals surface area contributed by atoms with Crippen LogP contribution in [-0.2, 0) is 16.0 Å². The number of para-hydroxylation sites is 1. The van der Waals surface area contributed by atoms with E-state index >= 15 is 0 Å². The Morgan fingerprint density at radius 1 is 0.933 bits per heavy atom. The summed E-state index contributed by atoms with van der Waals surface area (Å²) in [6.07, 6.45) is 13.6. The third kappa shape index (κ3) is 10.9. The van der Waals surface area contributed by atoms with Crippen LogP contribution in [0.15, 0.2) is 71.3 Å². The van der Waals surface area contributed by atoms with Crippen LogP contribution >= 0.6 is 0 Å². The van der Waals surface area contributed by atoms with E-state index in [2.05, 4.69) is 41.4 Å². The fourth-order valence-corrected chi connectivity index (χ4v) is 6.50. The Morgan fingerprint density at radius 2 is 1.62 bits per heavy atom. The van der Waals surface area contributed by atoms with Crippen LogP contribution in [0.4, 0.5) is 11.4 Å². The van der Waals surface area contributed by atoms with Crippen LogP contribution in [0.3, 0.4) is 0 Å². The van der Waals surface area contributed by atoms with Gasteiger partial charge in [0.1, 0.15) is 0 Å². The first-order valence-corrected chi connectivity index (χ1v) is 16.5. The highest BCUT2D eigenvalue weighted by Crippen LogP contribution is 2.29. The van der Waals surface area contributed by atoms with E-state index < -0.39 is 5.97 Å². The second-order valence-corrected chi connectivity index (χ2v) is 12.4. The second-order valence-electron chi connectivity index (χ2n) is 12.4. The van der Waals surface area contributed by atoms with E-state index in [-0.39, 0.29) is 17.9 Å². The van der Waals surface area contributed by atoms with Crippen molar-refractivity contribution in [3.63, 3.8) is 0 Å². The number of carboxylic acid groups (broad SMARTS) is 1. The number of nitrogens with zero attached hydrogens (tertiary/aromatic N) is 2. The quantitative estimate of drug-likeness (QED) is 0.229. The van der Waals surface area contributed by atoms with Gasteiger partial charge in [-0.05, 0) is 87.4 Å². The van der Waals surface area contributed by atoms with Gasteiger partial charge >= 0.3 is 0 Å². The third-order valence-electron chi connectivity index (χ3n) is 8.90. The highest BCUT2D eigenvalue weighted by Gasteiger charge is 2.31. The molecular formula is C37H49N3O5. The summed E-state index contributed by atoms with van der Waals surface area (Å²) in [6, 6.07) is 20.1. The zero-order valence-electron chi connectivity index (χ0n) is 26.9. The maximum atomic E-state index is 13.4. The number of carbonyl (C=O) groups is 3. The lowest BCUT2D eigenvalue weighted by Crippen LogP contribution is -2.47. The summed E-state index contributed by atoms with van der Waals surface area (Å²) >= 11 is 0. The standard InChI is InChI=1S/C35H45N3O3.C2H4O2/c1-27-15-18-30(19-16-27)38(35(40)33-14-8-26-41-33)31-21-24-37(25-22-31)23-7-12-29-11-5-6-13-32(29)36-34(39)20-17-28-9-3-2-4-10-28;1-2(3)4/h5-6,8,11,13-16,18-19,26,28,31H,2-4,7,9-10,12,17,20-25H2,1H3,(H,36,39);1H3,(H,3,4). The van der Waals surface area contributed by atoms with Crippen LogP contribution in [0.25, 0.3) is 0 Å². The minimum absolute atomic E-state index is 0.0744. The molecule has 8 nitrogen and oxygen atoms in total. The van der Waals surface area contributed by atoms with Crippen LogP contribution in [0, 0.1) is 12.8 Å². The number of carboxylic acids is 1. The molecule has 0 radical (unpaired) electrons. The molecule has 1 aromatic heterocycles. The zero-order valence-corrected chi connectivity index (χ0v) is 26.9. The van der Waals surface area contributed by atoms with Gasteiger partial charge in [0.25, 0.3) is 11.9 Å². The predicted octanol–water partition coefficient (Wildman–Crippen LogP) is 7.72. The van der Waals surface area contributed by atoms with Crippen molar-refractivity contribution in [2.24, 2.45) is 5.92 Å². The fraction of sp³-hybridized carbons (Fsp3) is 0.486. The minimum atomic E-state index is -0.833. The fourth-order valence-electron chi connectivity index (χ4n) is 6.50. The SMILES string of the molecule is CC(=O)O.Cc1ccc(N(C(=O)c2ccco2)C2CCN(CCCc3ccccc3NC(=O)CCC3CCCCC3)CC2)cc1. The number of anilines is 2. The molecule has 242 valence electrons. The molecule has 2 heterocycles. The molecule has 2 aliphatic rings. The molecule has 1 aliphatic carbocycles. The van der Waals surface area contributed by atoms with Gasteiger partial charge in [0, 0.05) is 43.9 Å². The lowest BCUT2D eigenvalue weighted by Gasteiger charge is -2.38. The number of furan rings is 1. The molecule has 0 atom stereocenters. The van der Waals surface area contributed by atoms with Gasteiger partial charge in [0.05, 0.1) is 6.26 Å². The molecule has 8 heteroatoms. The first kappa shape index (κ1) is 34.0. The van der Waals surface area contributed by atoms with Gasteiger partial charge in [-0.15, -0.1) is 0 Å². The summed E-state index contributed by atoms with van der Waals surface area (Å²) < 4.78 is 5.48. The number of hydrogen-bond donors (Lipinski definition) is 2. The minimum Gasteiger partial charge on any atom is -0.481 e. The lowest BCUT2D eigenvalue weighted by molar-refractivity contribution is -0.134. The molecule has 45 heavy (non-hydrogen) atoms. The Balaban J connectivity index is 0.00000109. The summed E-state index contributed by atoms with van der Waals surface area (Å²) in [6.45, 7) is 6.06. The Labute approximate surface area is 267 Å². The van der Waals surface area contributed by atoms with Gasteiger partial charge in [-0.3, -0.25) is 14.4 Å². The highest BCUT2D eigenvalue weighted by molar-refractivity contribution is 6.04. The average Bonchev–Trinajstić information content (AvgIpc) is 3.58. The van der Waals surface area contributed by atoms with Crippen molar-refractivity contribution in [2.75, 3.05) is 29.9 Å². The average molecular weight is 616 g/mol. The predicted molar refractivity (Wildman–Crippen MR) is 179 cm³/mol.